The van der Waals surface area contributed by atoms with Gasteiger partial charge in [0.15, 0.2) is 0 Å². The minimum atomic E-state index is -0.0713. The zero-order chi connectivity index (χ0) is 33.1. The predicted octanol–water partition coefficient (Wildman–Crippen LogP) is 12.3. The first-order chi connectivity index (χ1) is 20.3. The minimum absolute atomic E-state index is 0.0269. The van der Waals surface area contributed by atoms with E-state index in [1.807, 2.05) is 0 Å². The van der Waals surface area contributed by atoms with E-state index in [1.165, 1.54) is 49.7 Å². The van der Waals surface area contributed by atoms with Gasteiger partial charge in [0.05, 0.1) is 0 Å². The molecule has 248 valence electrons. The van der Waals surface area contributed by atoms with Gasteiger partial charge in [-0.1, -0.05) is 133 Å². The normalized spacial score (nSPS) is 19.1. The maximum Gasteiger partial charge on any atom is 0.123 e. The maximum absolute atomic E-state index is 11.6. The molecule has 44 heavy (non-hydrogen) atoms. The summed E-state index contributed by atoms with van der Waals surface area (Å²) in [4.78, 5) is 0. The van der Waals surface area contributed by atoms with E-state index in [4.69, 9.17) is 0 Å². The summed E-state index contributed by atoms with van der Waals surface area (Å²) in [5, 5.41) is 24.2. The van der Waals surface area contributed by atoms with Crippen molar-refractivity contribution in [2.45, 2.75) is 178 Å². The Bertz CT molecular complexity index is 1150. The third kappa shape index (κ3) is 9.18. The fraction of sp³-hybridized carbons (Fsp3) is 0.700. The fourth-order valence-electron chi connectivity index (χ4n) is 6.08. The monoisotopic (exact) mass is 640 g/mol. The van der Waals surface area contributed by atoms with Crippen molar-refractivity contribution in [2.75, 3.05) is 0 Å². The van der Waals surface area contributed by atoms with Crippen molar-refractivity contribution in [2.24, 2.45) is 0 Å². The molecule has 1 aliphatic carbocycles. The van der Waals surface area contributed by atoms with Crippen LogP contribution in [0.5, 0.6) is 11.5 Å². The van der Waals surface area contributed by atoms with E-state index in [0.29, 0.717) is 22.0 Å². The van der Waals surface area contributed by atoms with E-state index in [2.05, 4.69) is 131 Å². The lowest BCUT2D eigenvalue weighted by molar-refractivity contribution is 0.422. The van der Waals surface area contributed by atoms with Crippen molar-refractivity contribution in [1.29, 1.82) is 0 Å². The van der Waals surface area contributed by atoms with Crippen LogP contribution < -0.4 is 0 Å². The number of aromatic hydroxyl groups is 2. The molecule has 1 aliphatic rings. The lowest BCUT2D eigenvalue weighted by atomic mass is 9.77. The molecule has 2 N–H and O–H groups in total. The van der Waals surface area contributed by atoms with Crippen molar-refractivity contribution in [1.82, 2.24) is 0 Å². The Morgan fingerprint density at radius 3 is 1.20 bits per heavy atom. The van der Waals surface area contributed by atoms with Crippen LogP contribution in [0.4, 0.5) is 0 Å². The van der Waals surface area contributed by atoms with Gasteiger partial charge in [0.1, 0.15) is 11.5 Å². The molecule has 2 aromatic carbocycles. The highest BCUT2D eigenvalue weighted by Crippen LogP contribution is 2.45. The number of phenolic OH excluding ortho intramolecular Hbond substituents is 2. The summed E-state index contributed by atoms with van der Waals surface area (Å²) in [6, 6.07) is 9.06. The lowest BCUT2D eigenvalue weighted by Gasteiger charge is -2.32. The van der Waals surface area contributed by atoms with E-state index in [-0.39, 0.29) is 21.7 Å². The standard InChI is InChI=1S/C40H64O2S2/c1-13-39(9,10)31-23-29(37(3,4)5)21-27(35(31)41)25-43-33-19-17-15-16-18-20-34(33)44-26-28-22-30(38(6,7)8)24-32(36(28)42)40(11,12)14-2/h21-24,33-34,41-42H,13-20,25-26H2,1-12H3/t33-,34-/m1/s1. The average Bonchev–Trinajstić information content (AvgIpc) is 2.92. The van der Waals surface area contributed by atoms with Crippen molar-refractivity contribution < 1.29 is 10.2 Å². The Kier molecular flexibility index (Phi) is 12.4. The highest BCUT2D eigenvalue weighted by Gasteiger charge is 2.31. The molecule has 3 rings (SSSR count). The number of hydrogen-bond donors (Lipinski definition) is 2. The van der Waals surface area contributed by atoms with Crippen LogP contribution in [0.25, 0.3) is 0 Å². The summed E-state index contributed by atoms with van der Waals surface area (Å²) < 4.78 is 0. The highest BCUT2D eigenvalue weighted by molar-refractivity contribution is 8.03. The molecule has 2 atom stereocenters. The molecule has 0 aromatic heterocycles. The molecule has 0 spiro atoms. The molecule has 2 aromatic rings. The molecular formula is C40H64O2S2. The Morgan fingerprint density at radius 1 is 0.568 bits per heavy atom. The summed E-state index contributed by atoms with van der Waals surface area (Å²) in [5.74, 6) is 2.68. The van der Waals surface area contributed by atoms with Gasteiger partial charge in [-0.05, 0) is 58.5 Å². The van der Waals surface area contributed by atoms with Gasteiger partial charge in [0.2, 0.25) is 0 Å². The zero-order valence-corrected chi connectivity index (χ0v) is 31.9. The molecule has 0 aliphatic heterocycles. The van der Waals surface area contributed by atoms with Gasteiger partial charge in [-0.25, -0.2) is 0 Å². The minimum Gasteiger partial charge on any atom is -0.507 e. The van der Waals surface area contributed by atoms with Crippen LogP contribution >= 0.6 is 23.5 Å². The summed E-state index contributed by atoms with van der Waals surface area (Å²) in [5.41, 5.74) is 6.89. The van der Waals surface area contributed by atoms with Crippen molar-refractivity contribution in [3.8, 4) is 11.5 Å². The molecule has 0 amide bonds. The van der Waals surface area contributed by atoms with Crippen LogP contribution in [0.3, 0.4) is 0 Å². The van der Waals surface area contributed by atoms with Crippen LogP contribution in [0.2, 0.25) is 0 Å². The second kappa shape index (κ2) is 14.7. The lowest BCUT2D eigenvalue weighted by Crippen LogP contribution is -2.23. The van der Waals surface area contributed by atoms with Gasteiger partial charge in [-0.15, -0.1) is 0 Å². The average molecular weight is 641 g/mol. The van der Waals surface area contributed by atoms with Gasteiger partial charge in [0.25, 0.3) is 0 Å². The molecule has 0 heterocycles. The number of hydrogen-bond acceptors (Lipinski definition) is 4. The summed E-state index contributed by atoms with van der Waals surface area (Å²) >= 11 is 4.11. The van der Waals surface area contributed by atoms with Crippen LogP contribution in [0.1, 0.15) is 168 Å². The van der Waals surface area contributed by atoms with E-state index in [1.54, 1.807) is 0 Å². The van der Waals surface area contributed by atoms with E-state index < -0.39 is 0 Å². The number of benzene rings is 2. The highest BCUT2D eigenvalue weighted by atomic mass is 32.2. The first-order valence-corrected chi connectivity index (χ1v) is 19.4. The number of phenols is 2. The molecule has 1 saturated carbocycles. The van der Waals surface area contributed by atoms with Gasteiger partial charge in [0, 0.05) is 44.3 Å². The Labute approximate surface area is 280 Å². The Morgan fingerprint density at radius 2 is 0.909 bits per heavy atom. The molecule has 1 fully saturated rings. The largest absolute Gasteiger partial charge is 0.507 e. The molecule has 2 nitrogen and oxygen atoms in total. The van der Waals surface area contributed by atoms with E-state index in [0.717, 1.165) is 46.6 Å². The van der Waals surface area contributed by atoms with Crippen molar-refractivity contribution in [3.05, 3.63) is 57.6 Å². The molecule has 0 radical (unpaired) electrons. The molecule has 0 saturated heterocycles. The van der Waals surface area contributed by atoms with Crippen LogP contribution in [0, 0.1) is 0 Å². The molecule has 0 unspecified atom stereocenters. The van der Waals surface area contributed by atoms with Gasteiger partial charge in [-0.2, -0.15) is 23.5 Å². The second-order valence-corrected chi connectivity index (χ2v) is 19.2. The third-order valence-corrected chi connectivity index (χ3v) is 13.5. The van der Waals surface area contributed by atoms with E-state index >= 15 is 0 Å². The SMILES string of the molecule is CCC(C)(C)c1cc(C(C)(C)C)cc(CS[C@@H]2CCCCCC[C@H]2SCc2cc(C(C)(C)C)cc(C(C)(C)CC)c2O)c1O. The number of rotatable bonds is 10. The fourth-order valence-corrected chi connectivity index (χ4v) is 9.15. The molecular weight excluding hydrogens is 577 g/mol. The van der Waals surface area contributed by atoms with Crippen LogP contribution in [-0.2, 0) is 33.2 Å². The maximum atomic E-state index is 11.6. The first kappa shape index (κ1) is 37.2. The Balaban J connectivity index is 1.92. The zero-order valence-electron chi connectivity index (χ0n) is 30.2. The summed E-state index contributed by atoms with van der Waals surface area (Å²) in [7, 11) is 0. The quantitative estimate of drug-likeness (QED) is 0.271. The van der Waals surface area contributed by atoms with Crippen LogP contribution in [0.15, 0.2) is 24.3 Å². The van der Waals surface area contributed by atoms with Crippen LogP contribution in [-0.4, -0.2) is 20.7 Å². The summed E-state index contributed by atoms with van der Waals surface area (Å²) in [6.45, 7) is 27.1. The molecule has 4 heteroatoms. The Hall–Kier alpha value is -1.26. The predicted molar refractivity (Wildman–Crippen MR) is 198 cm³/mol. The number of thioether (sulfide) groups is 2. The topological polar surface area (TPSA) is 40.5 Å². The second-order valence-electron chi connectivity index (χ2n) is 16.7. The molecule has 0 bridgehead atoms. The van der Waals surface area contributed by atoms with Crippen molar-refractivity contribution in [3.63, 3.8) is 0 Å². The smallest absolute Gasteiger partial charge is 0.123 e. The first-order valence-electron chi connectivity index (χ1n) is 17.3. The van der Waals surface area contributed by atoms with Crippen molar-refractivity contribution >= 4 is 23.5 Å². The van der Waals surface area contributed by atoms with Gasteiger partial charge < -0.3 is 10.2 Å². The summed E-state index contributed by atoms with van der Waals surface area (Å²) in [6.07, 6.45) is 9.60. The third-order valence-electron chi connectivity index (χ3n) is 10.4. The van der Waals surface area contributed by atoms with E-state index in [9.17, 15) is 10.2 Å². The van der Waals surface area contributed by atoms with Gasteiger partial charge >= 0.3 is 0 Å². The van der Waals surface area contributed by atoms with Gasteiger partial charge in [-0.3, -0.25) is 0 Å².